The summed E-state index contributed by atoms with van der Waals surface area (Å²) in [7, 11) is 0. The maximum atomic E-state index is 4.74. The zero-order valence-electron chi connectivity index (χ0n) is 11.9. The third kappa shape index (κ3) is 2.54. The minimum absolute atomic E-state index is 0.513. The van der Waals surface area contributed by atoms with Crippen LogP contribution in [0.4, 0.5) is 0 Å². The average molecular weight is 278 g/mol. The largest absolute Gasteiger partial charge is 0.342 e. The van der Waals surface area contributed by atoms with Crippen LogP contribution in [0.2, 0.25) is 0 Å². The maximum Gasteiger partial charge on any atom is 0.111 e. The molecule has 0 aliphatic carbocycles. The van der Waals surface area contributed by atoms with Gasteiger partial charge in [0.25, 0.3) is 0 Å². The van der Waals surface area contributed by atoms with Gasteiger partial charge >= 0.3 is 0 Å². The monoisotopic (exact) mass is 278 g/mol. The SMILES string of the molecule is c1ccc2[nH]c([C@H]3CCN(Cc4ccncc4)C3)nc2c1. The Bertz CT molecular complexity index is 702. The summed E-state index contributed by atoms with van der Waals surface area (Å²) in [5, 5.41) is 0. The summed E-state index contributed by atoms with van der Waals surface area (Å²) in [4.78, 5) is 14.8. The lowest BCUT2D eigenvalue weighted by Gasteiger charge is -2.15. The second-order valence-corrected chi connectivity index (χ2v) is 5.72. The van der Waals surface area contributed by atoms with Crippen molar-refractivity contribution in [3.8, 4) is 0 Å². The molecule has 0 unspecified atom stereocenters. The molecular weight excluding hydrogens is 260 g/mol. The van der Waals surface area contributed by atoms with Crippen LogP contribution in [0, 0.1) is 0 Å². The Morgan fingerprint density at radius 1 is 1.14 bits per heavy atom. The van der Waals surface area contributed by atoms with Gasteiger partial charge in [0.05, 0.1) is 11.0 Å². The molecule has 1 atom stereocenters. The van der Waals surface area contributed by atoms with E-state index in [1.54, 1.807) is 0 Å². The highest BCUT2D eigenvalue weighted by Gasteiger charge is 2.26. The topological polar surface area (TPSA) is 44.8 Å². The van der Waals surface area contributed by atoms with Crippen LogP contribution in [0.25, 0.3) is 11.0 Å². The van der Waals surface area contributed by atoms with Crippen molar-refractivity contribution >= 4 is 11.0 Å². The van der Waals surface area contributed by atoms with E-state index < -0.39 is 0 Å². The Balaban J connectivity index is 1.48. The van der Waals surface area contributed by atoms with E-state index in [-0.39, 0.29) is 0 Å². The number of hydrogen-bond acceptors (Lipinski definition) is 3. The lowest BCUT2D eigenvalue weighted by molar-refractivity contribution is 0.326. The standard InChI is InChI=1S/C17H18N4/c1-2-4-16-15(3-1)19-17(20-16)14-7-10-21(12-14)11-13-5-8-18-9-6-13/h1-6,8-9,14H,7,10-12H2,(H,19,20)/t14-/m0/s1. The number of nitrogens with zero attached hydrogens (tertiary/aromatic N) is 3. The van der Waals surface area contributed by atoms with Crippen LogP contribution in [0.15, 0.2) is 48.8 Å². The number of aromatic nitrogens is 3. The molecule has 0 bridgehead atoms. The molecule has 3 aromatic rings. The van der Waals surface area contributed by atoms with E-state index in [0.717, 1.165) is 36.5 Å². The molecule has 0 spiro atoms. The van der Waals surface area contributed by atoms with E-state index in [1.807, 2.05) is 18.5 Å². The van der Waals surface area contributed by atoms with Gasteiger partial charge in [-0.15, -0.1) is 0 Å². The van der Waals surface area contributed by atoms with Crippen molar-refractivity contribution < 1.29 is 0 Å². The summed E-state index contributed by atoms with van der Waals surface area (Å²) in [5.41, 5.74) is 3.54. The molecule has 0 saturated carbocycles. The molecule has 106 valence electrons. The Kier molecular flexibility index (Phi) is 3.16. The molecule has 1 aliphatic rings. The number of pyridine rings is 1. The Hall–Kier alpha value is -2.20. The normalized spacial score (nSPS) is 19.3. The second kappa shape index (κ2) is 5.30. The van der Waals surface area contributed by atoms with Gasteiger partial charge in [-0.1, -0.05) is 12.1 Å². The van der Waals surface area contributed by atoms with Gasteiger partial charge in [-0.05, 0) is 42.8 Å². The predicted octanol–water partition coefficient (Wildman–Crippen LogP) is 2.95. The van der Waals surface area contributed by atoms with Crippen LogP contribution in [-0.2, 0) is 6.54 Å². The van der Waals surface area contributed by atoms with Crippen molar-refractivity contribution in [2.75, 3.05) is 13.1 Å². The van der Waals surface area contributed by atoms with Crippen molar-refractivity contribution in [1.82, 2.24) is 19.9 Å². The van der Waals surface area contributed by atoms with Gasteiger partial charge in [-0.3, -0.25) is 9.88 Å². The molecule has 1 saturated heterocycles. The molecule has 0 amide bonds. The Morgan fingerprint density at radius 3 is 2.86 bits per heavy atom. The molecule has 21 heavy (non-hydrogen) atoms. The molecule has 3 heterocycles. The fraction of sp³-hybridized carbons (Fsp3) is 0.294. The quantitative estimate of drug-likeness (QED) is 0.801. The summed E-state index contributed by atoms with van der Waals surface area (Å²) in [5.74, 6) is 1.65. The highest BCUT2D eigenvalue weighted by Crippen LogP contribution is 2.27. The van der Waals surface area contributed by atoms with Crippen LogP contribution in [0.3, 0.4) is 0 Å². The summed E-state index contributed by atoms with van der Waals surface area (Å²) in [6.45, 7) is 3.20. The summed E-state index contributed by atoms with van der Waals surface area (Å²) in [6, 6.07) is 12.4. The van der Waals surface area contributed by atoms with Crippen LogP contribution >= 0.6 is 0 Å². The third-order valence-electron chi connectivity index (χ3n) is 4.22. The molecular formula is C17H18N4. The first kappa shape index (κ1) is 12.5. The number of likely N-dealkylation sites (tertiary alicyclic amines) is 1. The van der Waals surface area contributed by atoms with Crippen molar-refractivity contribution in [1.29, 1.82) is 0 Å². The molecule has 2 aromatic heterocycles. The highest BCUT2D eigenvalue weighted by atomic mass is 15.2. The first-order valence-electron chi connectivity index (χ1n) is 7.44. The van der Waals surface area contributed by atoms with E-state index in [9.17, 15) is 0 Å². The van der Waals surface area contributed by atoms with Gasteiger partial charge in [0.1, 0.15) is 5.82 Å². The number of imidazole rings is 1. The first-order valence-corrected chi connectivity index (χ1v) is 7.44. The fourth-order valence-corrected chi connectivity index (χ4v) is 3.11. The molecule has 0 radical (unpaired) electrons. The molecule has 4 nitrogen and oxygen atoms in total. The lowest BCUT2D eigenvalue weighted by atomic mass is 10.1. The summed E-state index contributed by atoms with van der Waals surface area (Å²) >= 11 is 0. The predicted molar refractivity (Wildman–Crippen MR) is 83.0 cm³/mol. The maximum absolute atomic E-state index is 4.74. The Labute approximate surface area is 123 Å². The molecule has 1 N–H and O–H groups in total. The number of fused-ring (bicyclic) bond motifs is 1. The molecule has 4 rings (SSSR count). The van der Waals surface area contributed by atoms with Crippen LogP contribution in [0.5, 0.6) is 0 Å². The number of para-hydroxylation sites is 2. The molecule has 1 fully saturated rings. The summed E-state index contributed by atoms with van der Waals surface area (Å²) < 4.78 is 0. The third-order valence-corrected chi connectivity index (χ3v) is 4.22. The van der Waals surface area contributed by atoms with E-state index in [4.69, 9.17) is 4.98 Å². The number of rotatable bonds is 3. The number of aromatic amines is 1. The highest BCUT2D eigenvalue weighted by molar-refractivity contribution is 5.74. The van der Waals surface area contributed by atoms with Crippen LogP contribution in [-0.4, -0.2) is 32.9 Å². The smallest absolute Gasteiger partial charge is 0.111 e. The van der Waals surface area contributed by atoms with E-state index >= 15 is 0 Å². The minimum atomic E-state index is 0.513. The van der Waals surface area contributed by atoms with Crippen LogP contribution < -0.4 is 0 Å². The molecule has 1 aliphatic heterocycles. The summed E-state index contributed by atoms with van der Waals surface area (Å²) in [6.07, 6.45) is 4.90. The first-order chi connectivity index (χ1) is 10.4. The van der Waals surface area contributed by atoms with Crippen LogP contribution in [0.1, 0.15) is 23.7 Å². The van der Waals surface area contributed by atoms with Gasteiger partial charge < -0.3 is 4.98 Å². The average Bonchev–Trinajstić information content (AvgIpc) is 3.14. The van der Waals surface area contributed by atoms with Gasteiger partial charge in [0.15, 0.2) is 0 Å². The number of hydrogen-bond donors (Lipinski definition) is 1. The van der Waals surface area contributed by atoms with Gasteiger partial charge in [0, 0.05) is 31.4 Å². The van der Waals surface area contributed by atoms with Crippen molar-refractivity contribution in [2.45, 2.75) is 18.9 Å². The number of benzene rings is 1. The minimum Gasteiger partial charge on any atom is -0.342 e. The van der Waals surface area contributed by atoms with E-state index in [1.165, 1.54) is 12.0 Å². The number of H-pyrrole nitrogens is 1. The lowest BCUT2D eigenvalue weighted by Crippen LogP contribution is -2.19. The number of nitrogens with one attached hydrogen (secondary N) is 1. The fourth-order valence-electron chi connectivity index (χ4n) is 3.11. The van der Waals surface area contributed by atoms with Crippen molar-refractivity contribution in [3.63, 3.8) is 0 Å². The van der Waals surface area contributed by atoms with E-state index in [0.29, 0.717) is 5.92 Å². The van der Waals surface area contributed by atoms with Gasteiger partial charge in [-0.2, -0.15) is 0 Å². The zero-order valence-corrected chi connectivity index (χ0v) is 11.9. The molecule has 1 aromatic carbocycles. The van der Waals surface area contributed by atoms with Crippen molar-refractivity contribution in [3.05, 3.63) is 60.2 Å². The van der Waals surface area contributed by atoms with Crippen molar-refractivity contribution in [2.24, 2.45) is 0 Å². The zero-order chi connectivity index (χ0) is 14.1. The molecule has 4 heteroatoms. The second-order valence-electron chi connectivity index (χ2n) is 5.72. The van der Waals surface area contributed by atoms with Gasteiger partial charge in [-0.25, -0.2) is 4.98 Å². The van der Waals surface area contributed by atoms with Gasteiger partial charge in [0.2, 0.25) is 0 Å². The Morgan fingerprint density at radius 2 is 2.00 bits per heavy atom. The van der Waals surface area contributed by atoms with E-state index in [2.05, 4.69) is 45.2 Å².